The highest BCUT2D eigenvalue weighted by molar-refractivity contribution is 7.80. The van der Waals surface area contributed by atoms with Crippen LogP contribution in [0.15, 0.2) is 53.2 Å². The molecular formula is C16H16OS. The molecule has 92 valence electrons. The lowest BCUT2D eigenvalue weighted by molar-refractivity contribution is 0.435. The van der Waals surface area contributed by atoms with Crippen molar-refractivity contribution in [1.29, 1.82) is 0 Å². The molecule has 3 rings (SSSR count). The van der Waals surface area contributed by atoms with E-state index >= 15 is 0 Å². The maximum absolute atomic E-state index is 5.52. The van der Waals surface area contributed by atoms with E-state index in [1.807, 2.05) is 6.07 Å². The van der Waals surface area contributed by atoms with E-state index in [1.165, 1.54) is 11.1 Å². The van der Waals surface area contributed by atoms with E-state index in [2.05, 4.69) is 55.1 Å². The third kappa shape index (κ3) is 1.91. The summed E-state index contributed by atoms with van der Waals surface area (Å²) < 4.78 is 5.52. The van der Waals surface area contributed by atoms with Crippen LogP contribution in [0, 0.1) is 0 Å². The molecule has 0 aliphatic heterocycles. The lowest BCUT2D eigenvalue weighted by atomic mass is 9.76. The van der Waals surface area contributed by atoms with Crippen LogP contribution in [0.2, 0.25) is 0 Å². The quantitative estimate of drug-likeness (QED) is 0.813. The third-order valence-corrected chi connectivity index (χ3v) is 3.93. The molecular weight excluding hydrogens is 240 g/mol. The molecule has 2 aromatic rings. The molecule has 1 aromatic heterocycles. The summed E-state index contributed by atoms with van der Waals surface area (Å²) in [6.45, 7) is 0. The topological polar surface area (TPSA) is 13.1 Å². The van der Waals surface area contributed by atoms with Gasteiger partial charge in [-0.3, -0.25) is 0 Å². The monoisotopic (exact) mass is 256 g/mol. The van der Waals surface area contributed by atoms with Gasteiger partial charge in [-0.2, -0.15) is 12.6 Å². The summed E-state index contributed by atoms with van der Waals surface area (Å²) in [5, 5.41) is 0. The highest BCUT2D eigenvalue weighted by Gasteiger charge is 2.34. The average Bonchev–Trinajstić information content (AvgIpc) is 3.00. The van der Waals surface area contributed by atoms with Gasteiger partial charge in [-0.15, -0.1) is 0 Å². The highest BCUT2D eigenvalue weighted by Crippen LogP contribution is 2.41. The SMILES string of the molecule is SCCC1(Cc2ccco2)C=Cc2ccccc21. The van der Waals surface area contributed by atoms with Crippen molar-refractivity contribution in [3.8, 4) is 0 Å². The number of thiol groups is 1. The lowest BCUT2D eigenvalue weighted by Gasteiger charge is -2.28. The summed E-state index contributed by atoms with van der Waals surface area (Å²) in [6.07, 6.45) is 8.23. The largest absolute Gasteiger partial charge is 0.469 e. The lowest BCUT2D eigenvalue weighted by Crippen LogP contribution is -2.25. The summed E-state index contributed by atoms with van der Waals surface area (Å²) in [4.78, 5) is 0. The zero-order valence-corrected chi connectivity index (χ0v) is 11.1. The second-order valence-corrected chi connectivity index (χ2v) is 5.25. The fourth-order valence-corrected chi connectivity index (χ4v) is 3.22. The summed E-state index contributed by atoms with van der Waals surface area (Å²) in [7, 11) is 0. The average molecular weight is 256 g/mol. The van der Waals surface area contributed by atoms with Gasteiger partial charge >= 0.3 is 0 Å². The molecule has 1 aliphatic carbocycles. The molecule has 1 aromatic carbocycles. The first-order chi connectivity index (χ1) is 8.84. The summed E-state index contributed by atoms with van der Waals surface area (Å²) in [5.41, 5.74) is 2.78. The van der Waals surface area contributed by atoms with Crippen molar-refractivity contribution in [1.82, 2.24) is 0 Å². The first-order valence-electron chi connectivity index (χ1n) is 6.26. The van der Waals surface area contributed by atoms with Gasteiger partial charge in [-0.25, -0.2) is 0 Å². The number of allylic oxidation sites excluding steroid dienone is 1. The van der Waals surface area contributed by atoms with Crippen LogP contribution in [-0.4, -0.2) is 5.75 Å². The van der Waals surface area contributed by atoms with Crippen LogP contribution in [0.1, 0.15) is 23.3 Å². The van der Waals surface area contributed by atoms with E-state index in [9.17, 15) is 0 Å². The molecule has 0 N–H and O–H groups in total. The molecule has 0 bridgehead atoms. The Balaban J connectivity index is 2.01. The van der Waals surface area contributed by atoms with Crippen molar-refractivity contribution >= 4 is 18.7 Å². The standard InChI is InChI=1S/C16H16OS/c18-11-9-16(12-14-5-3-10-17-14)8-7-13-4-1-2-6-15(13)16/h1-8,10,18H,9,11-12H2. The molecule has 1 atom stereocenters. The molecule has 18 heavy (non-hydrogen) atoms. The van der Waals surface area contributed by atoms with Crippen LogP contribution in [-0.2, 0) is 11.8 Å². The number of hydrogen-bond acceptors (Lipinski definition) is 2. The van der Waals surface area contributed by atoms with Crippen LogP contribution in [0.25, 0.3) is 6.08 Å². The van der Waals surface area contributed by atoms with Gasteiger partial charge < -0.3 is 4.42 Å². The van der Waals surface area contributed by atoms with E-state index in [0.717, 1.165) is 24.4 Å². The zero-order chi connectivity index (χ0) is 12.4. The smallest absolute Gasteiger partial charge is 0.104 e. The number of rotatable bonds is 4. The minimum atomic E-state index is 0.0518. The predicted molar refractivity (Wildman–Crippen MR) is 78.0 cm³/mol. The van der Waals surface area contributed by atoms with Gasteiger partial charge in [0.1, 0.15) is 5.76 Å². The Kier molecular flexibility index (Phi) is 3.04. The Morgan fingerprint density at radius 2 is 2.00 bits per heavy atom. The molecule has 1 unspecified atom stereocenters. The second-order valence-electron chi connectivity index (χ2n) is 4.81. The summed E-state index contributed by atoms with van der Waals surface area (Å²) in [5.74, 6) is 1.91. The van der Waals surface area contributed by atoms with Crippen molar-refractivity contribution in [2.45, 2.75) is 18.3 Å². The van der Waals surface area contributed by atoms with Crippen LogP contribution in [0.3, 0.4) is 0 Å². The van der Waals surface area contributed by atoms with Crippen LogP contribution < -0.4 is 0 Å². The van der Waals surface area contributed by atoms with E-state index < -0.39 is 0 Å². The molecule has 0 saturated carbocycles. The number of hydrogen-bond donors (Lipinski definition) is 1. The van der Waals surface area contributed by atoms with Gasteiger partial charge in [0, 0.05) is 11.8 Å². The maximum Gasteiger partial charge on any atom is 0.104 e. The van der Waals surface area contributed by atoms with Crippen LogP contribution in [0.4, 0.5) is 0 Å². The van der Waals surface area contributed by atoms with Gasteiger partial charge in [0.15, 0.2) is 0 Å². The normalized spacial score (nSPS) is 21.2. The first kappa shape index (κ1) is 11.7. The van der Waals surface area contributed by atoms with Crippen molar-refractivity contribution in [2.24, 2.45) is 0 Å². The molecule has 0 spiro atoms. The van der Waals surface area contributed by atoms with E-state index in [-0.39, 0.29) is 5.41 Å². The minimum absolute atomic E-state index is 0.0518. The van der Waals surface area contributed by atoms with Crippen LogP contribution in [0.5, 0.6) is 0 Å². The van der Waals surface area contributed by atoms with Crippen molar-refractivity contribution in [3.63, 3.8) is 0 Å². The van der Waals surface area contributed by atoms with Gasteiger partial charge in [0.25, 0.3) is 0 Å². The molecule has 1 nitrogen and oxygen atoms in total. The van der Waals surface area contributed by atoms with E-state index in [4.69, 9.17) is 4.42 Å². The first-order valence-corrected chi connectivity index (χ1v) is 6.89. The summed E-state index contributed by atoms with van der Waals surface area (Å²) >= 11 is 4.43. The van der Waals surface area contributed by atoms with E-state index in [1.54, 1.807) is 6.26 Å². The Morgan fingerprint density at radius 3 is 2.78 bits per heavy atom. The van der Waals surface area contributed by atoms with Crippen LogP contribution >= 0.6 is 12.6 Å². The zero-order valence-electron chi connectivity index (χ0n) is 10.2. The molecule has 1 heterocycles. The molecule has 0 radical (unpaired) electrons. The Hall–Kier alpha value is -1.41. The van der Waals surface area contributed by atoms with Gasteiger partial charge in [0.05, 0.1) is 6.26 Å². The Labute approximate surface area is 113 Å². The predicted octanol–water partition coefficient (Wildman–Crippen LogP) is 4.11. The third-order valence-electron chi connectivity index (χ3n) is 3.71. The molecule has 2 heteroatoms. The van der Waals surface area contributed by atoms with Gasteiger partial charge in [0.2, 0.25) is 0 Å². The fraction of sp³-hybridized carbons (Fsp3) is 0.250. The van der Waals surface area contributed by atoms with Gasteiger partial charge in [-0.05, 0) is 35.4 Å². The Morgan fingerprint density at radius 1 is 1.11 bits per heavy atom. The maximum atomic E-state index is 5.52. The second kappa shape index (κ2) is 4.69. The van der Waals surface area contributed by atoms with Gasteiger partial charge in [-0.1, -0.05) is 36.4 Å². The highest BCUT2D eigenvalue weighted by atomic mass is 32.1. The molecule has 0 amide bonds. The van der Waals surface area contributed by atoms with Crippen molar-refractivity contribution < 1.29 is 4.42 Å². The Bertz CT molecular complexity index is 556. The number of benzene rings is 1. The molecule has 0 saturated heterocycles. The molecule has 1 aliphatic rings. The van der Waals surface area contributed by atoms with E-state index in [0.29, 0.717) is 0 Å². The number of fused-ring (bicyclic) bond motifs is 1. The van der Waals surface area contributed by atoms with Crippen molar-refractivity contribution in [3.05, 3.63) is 65.6 Å². The summed E-state index contributed by atoms with van der Waals surface area (Å²) in [6, 6.07) is 12.6. The fourth-order valence-electron chi connectivity index (χ4n) is 2.82. The number of furan rings is 1. The molecule has 0 fully saturated rings. The van der Waals surface area contributed by atoms with Crippen molar-refractivity contribution in [2.75, 3.05) is 5.75 Å². The minimum Gasteiger partial charge on any atom is -0.469 e.